The summed E-state index contributed by atoms with van der Waals surface area (Å²) in [6, 6.07) is 15.9. The van der Waals surface area contributed by atoms with Gasteiger partial charge in [0, 0.05) is 17.5 Å². The van der Waals surface area contributed by atoms with Crippen molar-refractivity contribution in [1.29, 1.82) is 0 Å². The molecule has 0 radical (unpaired) electrons. The molecule has 1 saturated heterocycles. The monoisotopic (exact) mass is 400 g/mol. The maximum absolute atomic E-state index is 12.6. The van der Waals surface area contributed by atoms with Crippen molar-refractivity contribution in [3.05, 3.63) is 64.7 Å². The van der Waals surface area contributed by atoms with E-state index in [9.17, 15) is 4.79 Å². The largest absolute Gasteiger partial charge is 0.491 e. The first-order valence-electron chi connectivity index (χ1n) is 9.97. The summed E-state index contributed by atoms with van der Waals surface area (Å²) in [7, 11) is 0. The number of amides is 1. The highest BCUT2D eigenvalue weighted by Gasteiger charge is 2.25. The Morgan fingerprint density at radius 1 is 1.18 bits per heavy atom. The van der Waals surface area contributed by atoms with Crippen LogP contribution in [0.25, 0.3) is 0 Å². The normalized spacial score (nSPS) is 16.5. The molecule has 1 aliphatic heterocycles. The van der Waals surface area contributed by atoms with Gasteiger partial charge >= 0.3 is 0 Å². The van der Waals surface area contributed by atoms with Crippen molar-refractivity contribution < 1.29 is 9.53 Å². The average Bonchev–Trinajstić information content (AvgIpc) is 2.69. The fourth-order valence-corrected chi connectivity index (χ4v) is 3.66. The molecule has 1 unspecified atom stereocenters. The van der Waals surface area contributed by atoms with Crippen LogP contribution in [0, 0.1) is 12.8 Å². The van der Waals surface area contributed by atoms with Crippen LogP contribution in [0.3, 0.4) is 0 Å². The number of halogens is 1. The Morgan fingerprint density at radius 2 is 1.86 bits per heavy atom. The number of nitrogens with one attached hydrogen (secondary N) is 1. The number of piperidine rings is 1. The number of nitrogens with zero attached hydrogens (tertiary/aromatic N) is 1. The lowest BCUT2D eigenvalue weighted by Gasteiger charge is -2.32. The van der Waals surface area contributed by atoms with Gasteiger partial charge in [0.15, 0.2) is 0 Å². The Kier molecular flexibility index (Phi) is 7.35. The number of aryl methyl sites for hydroxylation is 1. The molecule has 2 aromatic rings. The number of likely N-dealkylation sites (tertiary alicyclic amines) is 1. The first kappa shape index (κ1) is 20.7. The molecular weight excluding hydrogens is 372 g/mol. The summed E-state index contributed by atoms with van der Waals surface area (Å²) in [5.74, 6) is 1.11. The molecule has 1 amide bonds. The van der Waals surface area contributed by atoms with Crippen molar-refractivity contribution in [3.63, 3.8) is 0 Å². The fraction of sp³-hybridized carbons (Fsp3) is 0.435. The topological polar surface area (TPSA) is 41.6 Å². The van der Waals surface area contributed by atoms with Gasteiger partial charge in [-0.1, -0.05) is 41.9 Å². The smallest absolute Gasteiger partial charge is 0.223 e. The van der Waals surface area contributed by atoms with Gasteiger partial charge in [-0.25, -0.2) is 0 Å². The van der Waals surface area contributed by atoms with E-state index in [-0.39, 0.29) is 17.9 Å². The van der Waals surface area contributed by atoms with Crippen molar-refractivity contribution >= 4 is 17.5 Å². The summed E-state index contributed by atoms with van der Waals surface area (Å²) in [4.78, 5) is 15.0. The molecule has 0 aliphatic carbocycles. The van der Waals surface area contributed by atoms with E-state index in [1.165, 1.54) is 5.56 Å². The zero-order chi connectivity index (χ0) is 19.9. The lowest BCUT2D eigenvalue weighted by atomic mass is 9.95. The van der Waals surface area contributed by atoms with E-state index in [4.69, 9.17) is 16.3 Å². The van der Waals surface area contributed by atoms with E-state index in [1.54, 1.807) is 0 Å². The molecule has 1 aliphatic rings. The van der Waals surface area contributed by atoms with Crippen molar-refractivity contribution in [2.45, 2.75) is 39.3 Å². The van der Waals surface area contributed by atoms with Crippen LogP contribution in [0.1, 0.15) is 30.9 Å². The number of carbonyl (C=O) groups is 1. The zero-order valence-electron chi connectivity index (χ0n) is 16.7. The fourth-order valence-electron chi connectivity index (χ4n) is 3.54. The molecule has 1 N–H and O–H groups in total. The van der Waals surface area contributed by atoms with Gasteiger partial charge in [0.1, 0.15) is 12.4 Å². The van der Waals surface area contributed by atoms with Crippen molar-refractivity contribution in [1.82, 2.24) is 10.2 Å². The third-order valence-electron chi connectivity index (χ3n) is 5.25. The molecular formula is C23H29ClN2O2. The van der Waals surface area contributed by atoms with Gasteiger partial charge in [-0.2, -0.15) is 0 Å². The predicted molar refractivity (Wildman–Crippen MR) is 114 cm³/mol. The van der Waals surface area contributed by atoms with Crippen LogP contribution in [-0.2, 0) is 11.3 Å². The van der Waals surface area contributed by atoms with E-state index in [0.29, 0.717) is 6.61 Å². The van der Waals surface area contributed by atoms with Gasteiger partial charge < -0.3 is 10.1 Å². The molecule has 5 heteroatoms. The quantitative estimate of drug-likeness (QED) is 0.746. The molecule has 1 atom stereocenters. The van der Waals surface area contributed by atoms with Crippen LogP contribution in [0.15, 0.2) is 48.5 Å². The Hall–Kier alpha value is -2.04. The van der Waals surface area contributed by atoms with Crippen LogP contribution in [-0.4, -0.2) is 36.5 Å². The van der Waals surface area contributed by atoms with Crippen LogP contribution in [0.5, 0.6) is 5.75 Å². The Balaban J connectivity index is 1.39. The second-order valence-corrected chi connectivity index (χ2v) is 8.10. The van der Waals surface area contributed by atoms with Crippen molar-refractivity contribution in [2.75, 3.05) is 19.7 Å². The highest BCUT2D eigenvalue weighted by molar-refractivity contribution is 6.30. The standard InChI is InChI=1S/C23H29ClN2O2/c1-17-5-3-4-6-22(17)28-16-18(2)25-23(27)20-11-13-26(14-12-20)15-19-7-9-21(24)10-8-19/h3-10,18,20H,11-16H2,1-2H3,(H,25,27). The maximum Gasteiger partial charge on any atom is 0.223 e. The van der Waals surface area contributed by atoms with E-state index in [1.807, 2.05) is 50.2 Å². The SMILES string of the molecule is Cc1ccccc1OCC(C)NC(=O)C1CCN(Cc2ccc(Cl)cc2)CC1. The third kappa shape index (κ3) is 5.98. The first-order chi connectivity index (χ1) is 13.5. The molecule has 0 bridgehead atoms. The minimum Gasteiger partial charge on any atom is -0.491 e. The minimum absolute atomic E-state index is 0.0146. The molecule has 150 valence electrons. The summed E-state index contributed by atoms with van der Waals surface area (Å²) in [6.45, 7) is 7.28. The number of rotatable bonds is 7. The summed E-state index contributed by atoms with van der Waals surface area (Å²) in [5.41, 5.74) is 2.36. The summed E-state index contributed by atoms with van der Waals surface area (Å²) in [6.07, 6.45) is 1.79. The number of benzene rings is 2. The van der Waals surface area contributed by atoms with E-state index in [2.05, 4.69) is 22.3 Å². The van der Waals surface area contributed by atoms with Crippen LogP contribution in [0.4, 0.5) is 0 Å². The molecule has 28 heavy (non-hydrogen) atoms. The van der Waals surface area contributed by atoms with Gasteiger partial charge in [0.05, 0.1) is 6.04 Å². The van der Waals surface area contributed by atoms with Crippen molar-refractivity contribution in [2.24, 2.45) is 5.92 Å². The lowest BCUT2D eigenvalue weighted by Crippen LogP contribution is -2.44. The molecule has 0 spiro atoms. The molecule has 4 nitrogen and oxygen atoms in total. The van der Waals surface area contributed by atoms with Gasteiger partial charge in [-0.3, -0.25) is 9.69 Å². The van der Waals surface area contributed by atoms with Crippen LogP contribution in [0.2, 0.25) is 5.02 Å². The van der Waals surface area contributed by atoms with Crippen molar-refractivity contribution in [3.8, 4) is 5.75 Å². The highest BCUT2D eigenvalue weighted by Crippen LogP contribution is 2.20. The second kappa shape index (κ2) is 9.94. The number of carbonyl (C=O) groups excluding carboxylic acids is 1. The number of para-hydroxylation sites is 1. The summed E-state index contributed by atoms with van der Waals surface area (Å²) >= 11 is 5.95. The van der Waals surface area contributed by atoms with Crippen LogP contribution < -0.4 is 10.1 Å². The molecule has 1 fully saturated rings. The first-order valence-corrected chi connectivity index (χ1v) is 10.3. The van der Waals surface area contributed by atoms with E-state index >= 15 is 0 Å². The van der Waals surface area contributed by atoms with Gasteiger partial charge in [0.2, 0.25) is 5.91 Å². The second-order valence-electron chi connectivity index (χ2n) is 7.66. The zero-order valence-corrected chi connectivity index (χ0v) is 17.4. The average molecular weight is 401 g/mol. The molecule has 1 heterocycles. The van der Waals surface area contributed by atoms with Gasteiger partial charge in [0.25, 0.3) is 0 Å². The highest BCUT2D eigenvalue weighted by atomic mass is 35.5. The number of ether oxygens (including phenoxy) is 1. The van der Waals surface area contributed by atoms with Gasteiger partial charge in [-0.15, -0.1) is 0 Å². The number of hydrogen-bond acceptors (Lipinski definition) is 3. The number of hydrogen-bond donors (Lipinski definition) is 1. The maximum atomic E-state index is 12.6. The Bertz CT molecular complexity index is 770. The summed E-state index contributed by atoms with van der Waals surface area (Å²) in [5, 5.41) is 3.88. The Morgan fingerprint density at radius 3 is 2.54 bits per heavy atom. The predicted octanol–water partition coefficient (Wildman–Crippen LogP) is 4.44. The lowest BCUT2D eigenvalue weighted by molar-refractivity contribution is -0.127. The molecule has 3 rings (SSSR count). The summed E-state index contributed by atoms with van der Waals surface area (Å²) < 4.78 is 5.85. The van der Waals surface area contributed by atoms with E-state index in [0.717, 1.165) is 48.8 Å². The van der Waals surface area contributed by atoms with Gasteiger partial charge in [-0.05, 0) is 69.1 Å². The third-order valence-corrected chi connectivity index (χ3v) is 5.50. The van der Waals surface area contributed by atoms with Crippen LogP contribution >= 0.6 is 11.6 Å². The Labute approximate surface area is 172 Å². The van der Waals surface area contributed by atoms with E-state index < -0.39 is 0 Å². The molecule has 0 saturated carbocycles. The minimum atomic E-state index is -0.0146. The molecule has 0 aromatic heterocycles. The molecule has 2 aromatic carbocycles.